The highest BCUT2D eigenvalue weighted by Crippen LogP contribution is 2.27. The van der Waals surface area contributed by atoms with Gasteiger partial charge in [-0.1, -0.05) is 19.3 Å². The van der Waals surface area contributed by atoms with Crippen LogP contribution in [0, 0.1) is 0 Å². The molecular formula is C21H24N4O. The lowest BCUT2D eigenvalue weighted by Crippen LogP contribution is -2.36. The molecule has 0 bridgehead atoms. The maximum Gasteiger partial charge on any atom is 0.222 e. The standard InChI is InChI=1S/C21H24N4O/c26-20(24-18-6-2-1-3-7-18)10-14-25-19(16-8-12-22-13-9-16)15-17-5-4-11-23-21(17)25/h4-5,8-9,11-13,15,18H,1-3,6-7,10,14H2,(H,24,26). The van der Waals surface area contributed by atoms with Crippen LogP contribution in [0.5, 0.6) is 0 Å². The molecule has 1 aliphatic carbocycles. The molecule has 3 aromatic heterocycles. The van der Waals surface area contributed by atoms with Crippen LogP contribution in [0.4, 0.5) is 0 Å². The smallest absolute Gasteiger partial charge is 0.222 e. The summed E-state index contributed by atoms with van der Waals surface area (Å²) in [5, 5.41) is 4.30. The quantitative estimate of drug-likeness (QED) is 0.760. The Morgan fingerprint density at radius 1 is 1.12 bits per heavy atom. The van der Waals surface area contributed by atoms with Crippen LogP contribution in [-0.2, 0) is 11.3 Å². The zero-order valence-corrected chi connectivity index (χ0v) is 14.9. The minimum absolute atomic E-state index is 0.135. The van der Waals surface area contributed by atoms with E-state index in [1.807, 2.05) is 18.2 Å². The molecule has 26 heavy (non-hydrogen) atoms. The summed E-state index contributed by atoms with van der Waals surface area (Å²) in [4.78, 5) is 21.1. The van der Waals surface area contributed by atoms with Gasteiger partial charge in [0, 0.05) is 48.5 Å². The van der Waals surface area contributed by atoms with Gasteiger partial charge in [0.05, 0.1) is 5.69 Å². The van der Waals surface area contributed by atoms with Gasteiger partial charge in [-0.2, -0.15) is 0 Å². The first-order valence-electron chi connectivity index (χ1n) is 9.45. The van der Waals surface area contributed by atoms with Gasteiger partial charge in [0.25, 0.3) is 0 Å². The number of carbonyl (C=O) groups is 1. The molecule has 3 heterocycles. The SMILES string of the molecule is O=C(CCn1c(-c2ccncc2)cc2cccnc21)NC1CCCCC1. The Hall–Kier alpha value is -2.69. The van der Waals surface area contributed by atoms with Crippen molar-refractivity contribution in [2.75, 3.05) is 0 Å². The Kier molecular flexibility index (Phi) is 4.95. The van der Waals surface area contributed by atoms with Gasteiger partial charge in [-0.25, -0.2) is 4.98 Å². The highest BCUT2D eigenvalue weighted by Gasteiger charge is 2.17. The van der Waals surface area contributed by atoms with E-state index in [-0.39, 0.29) is 5.91 Å². The van der Waals surface area contributed by atoms with Crippen molar-refractivity contribution >= 4 is 16.9 Å². The van der Waals surface area contributed by atoms with E-state index in [2.05, 4.69) is 32.0 Å². The van der Waals surface area contributed by atoms with Crippen molar-refractivity contribution in [1.29, 1.82) is 0 Å². The lowest BCUT2D eigenvalue weighted by atomic mass is 9.95. The van der Waals surface area contributed by atoms with Crippen molar-refractivity contribution in [2.24, 2.45) is 0 Å². The lowest BCUT2D eigenvalue weighted by Gasteiger charge is -2.23. The molecule has 1 fully saturated rings. The van der Waals surface area contributed by atoms with Crippen LogP contribution in [0.1, 0.15) is 38.5 Å². The summed E-state index contributed by atoms with van der Waals surface area (Å²) in [5.41, 5.74) is 3.09. The van der Waals surface area contributed by atoms with Crippen LogP contribution >= 0.6 is 0 Å². The summed E-state index contributed by atoms with van der Waals surface area (Å²) in [6.07, 6.45) is 11.8. The second kappa shape index (κ2) is 7.68. The summed E-state index contributed by atoms with van der Waals surface area (Å²) in [7, 11) is 0. The summed E-state index contributed by atoms with van der Waals surface area (Å²) in [6, 6.07) is 10.5. The third kappa shape index (κ3) is 3.62. The summed E-state index contributed by atoms with van der Waals surface area (Å²) in [6.45, 7) is 0.622. The first kappa shape index (κ1) is 16.8. The van der Waals surface area contributed by atoms with Gasteiger partial charge in [0.2, 0.25) is 5.91 Å². The molecule has 1 aliphatic rings. The molecule has 0 saturated heterocycles. The molecule has 4 rings (SSSR count). The van der Waals surface area contributed by atoms with Crippen LogP contribution < -0.4 is 5.32 Å². The Morgan fingerprint density at radius 3 is 2.73 bits per heavy atom. The van der Waals surface area contributed by atoms with Gasteiger partial charge in [-0.15, -0.1) is 0 Å². The number of fused-ring (bicyclic) bond motifs is 1. The Balaban J connectivity index is 1.54. The predicted molar refractivity (Wildman–Crippen MR) is 103 cm³/mol. The van der Waals surface area contributed by atoms with E-state index in [9.17, 15) is 4.79 Å². The highest BCUT2D eigenvalue weighted by atomic mass is 16.1. The molecule has 1 saturated carbocycles. The molecule has 1 N–H and O–H groups in total. The number of hydrogen-bond acceptors (Lipinski definition) is 3. The topological polar surface area (TPSA) is 59.8 Å². The molecule has 0 aliphatic heterocycles. The third-order valence-electron chi connectivity index (χ3n) is 5.16. The molecule has 0 unspecified atom stereocenters. The average molecular weight is 348 g/mol. The second-order valence-corrected chi connectivity index (χ2v) is 6.99. The molecule has 3 aromatic rings. The van der Waals surface area contributed by atoms with Crippen LogP contribution in [0.25, 0.3) is 22.3 Å². The molecule has 134 valence electrons. The van der Waals surface area contributed by atoms with Crippen LogP contribution in [0.2, 0.25) is 0 Å². The summed E-state index contributed by atoms with van der Waals surface area (Å²) >= 11 is 0. The molecule has 0 radical (unpaired) electrons. The summed E-state index contributed by atoms with van der Waals surface area (Å²) in [5.74, 6) is 0.135. The molecule has 0 aromatic carbocycles. The van der Waals surface area contributed by atoms with Gasteiger partial charge in [-0.3, -0.25) is 9.78 Å². The molecule has 0 atom stereocenters. The first-order chi connectivity index (χ1) is 12.8. The fourth-order valence-corrected chi connectivity index (χ4v) is 3.84. The van der Waals surface area contributed by atoms with E-state index in [1.165, 1.54) is 19.3 Å². The lowest BCUT2D eigenvalue weighted by molar-refractivity contribution is -0.122. The number of amides is 1. The number of pyridine rings is 2. The molecule has 5 heteroatoms. The normalized spacial score (nSPS) is 15.2. The molecule has 1 amide bonds. The van der Waals surface area contributed by atoms with E-state index >= 15 is 0 Å². The van der Waals surface area contributed by atoms with Gasteiger partial charge in [-0.05, 0) is 43.2 Å². The number of rotatable bonds is 5. The van der Waals surface area contributed by atoms with Crippen molar-refractivity contribution in [2.45, 2.75) is 51.1 Å². The number of hydrogen-bond donors (Lipinski definition) is 1. The first-order valence-corrected chi connectivity index (χ1v) is 9.45. The number of aryl methyl sites for hydroxylation is 1. The fraction of sp³-hybridized carbons (Fsp3) is 0.381. The zero-order chi connectivity index (χ0) is 17.8. The van der Waals surface area contributed by atoms with Crippen molar-refractivity contribution in [3.8, 4) is 11.3 Å². The number of carbonyl (C=O) groups excluding carboxylic acids is 1. The predicted octanol–water partition coefficient (Wildman–Crippen LogP) is 3.94. The molecular weight excluding hydrogens is 324 g/mol. The van der Waals surface area contributed by atoms with Crippen molar-refractivity contribution in [1.82, 2.24) is 19.9 Å². The van der Waals surface area contributed by atoms with E-state index in [0.29, 0.717) is 19.0 Å². The van der Waals surface area contributed by atoms with Gasteiger partial charge >= 0.3 is 0 Å². The third-order valence-corrected chi connectivity index (χ3v) is 5.16. The van der Waals surface area contributed by atoms with Crippen LogP contribution in [-0.4, -0.2) is 26.5 Å². The van der Waals surface area contributed by atoms with Crippen LogP contribution in [0.15, 0.2) is 48.9 Å². The van der Waals surface area contributed by atoms with Crippen LogP contribution in [0.3, 0.4) is 0 Å². The van der Waals surface area contributed by atoms with E-state index < -0.39 is 0 Å². The van der Waals surface area contributed by atoms with Gasteiger partial charge in [0.15, 0.2) is 0 Å². The Labute approximate surface area is 153 Å². The highest BCUT2D eigenvalue weighted by molar-refractivity contribution is 5.84. The minimum atomic E-state index is 0.135. The Bertz CT molecular complexity index is 881. The Morgan fingerprint density at radius 2 is 1.92 bits per heavy atom. The van der Waals surface area contributed by atoms with E-state index in [0.717, 1.165) is 35.1 Å². The number of nitrogens with one attached hydrogen (secondary N) is 1. The number of aromatic nitrogens is 3. The fourth-order valence-electron chi connectivity index (χ4n) is 3.84. The zero-order valence-electron chi connectivity index (χ0n) is 14.9. The largest absolute Gasteiger partial charge is 0.353 e. The monoisotopic (exact) mass is 348 g/mol. The maximum atomic E-state index is 12.4. The van der Waals surface area contributed by atoms with Gasteiger partial charge < -0.3 is 9.88 Å². The van der Waals surface area contributed by atoms with Crippen molar-refractivity contribution < 1.29 is 4.79 Å². The van der Waals surface area contributed by atoms with Crippen molar-refractivity contribution in [3.63, 3.8) is 0 Å². The molecule has 0 spiro atoms. The minimum Gasteiger partial charge on any atom is -0.353 e. The van der Waals surface area contributed by atoms with Crippen molar-refractivity contribution in [3.05, 3.63) is 48.9 Å². The molecule has 5 nitrogen and oxygen atoms in total. The van der Waals surface area contributed by atoms with E-state index in [1.54, 1.807) is 18.6 Å². The van der Waals surface area contributed by atoms with E-state index in [4.69, 9.17) is 0 Å². The average Bonchev–Trinajstić information content (AvgIpc) is 3.06. The summed E-state index contributed by atoms with van der Waals surface area (Å²) < 4.78 is 2.14. The van der Waals surface area contributed by atoms with Gasteiger partial charge in [0.1, 0.15) is 5.65 Å². The maximum absolute atomic E-state index is 12.4. The number of nitrogens with zero attached hydrogens (tertiary/aromatic N) is 3. The second-order valence-electron chi connectivity index (χ2n) is 6.99.